The molecule has 1 N–H and O–H groups in total. The van der Waals surface area contributed by atoms with Crippen LogP contribution in [0.15, 0.2) is 28.7 Å². The molecule has 1 fully saturated rings. The lowest BCUT2D eigenvalue weighted by atomic mass is 9.76. The minimum absolute atomic E-state index is 0.348. The van der Waals surface area contributed by atoms with Gasteiger partial charge in [0.2, 0.25) is 0 Å². The van der Waals surface area contributed by atoms with Crippen LogP contribution in [0, 0.1) is 0 Å². The van der Waals surface area contributed by atoms with Gasteiger partial charge in [0.15, 0.2) is 0 Å². The minimum atomic E-state index is 0.348. The van der Waals surface area contributed by atoms with Crippen LogP contribution in [0.2, 0.25) is 0 Å². The first kappa shape index (κ1) is 14.4. The molecule has 1 aromatic rings. The van der Waals surface area contributed by atoms with Gasteiger partial charge in [-0.05, 0) is 56.6 Å². The first-order valence-corrected chi connectivity index (χ1v) is 8.56. The van der Waals surface area contributed by atoms with Crippen molar-refractivity contribution in [1.82, 2.24) is 5.32 Å². The van der Waals surface area contributed by atoms with Crippen molar-refractivity contribution >= 4 is 27.7 Å². The second-order valence-corrected chi connectivity index (χ2v) is 8.19. The van der Waals surface area contributed by atoms with Crippen LogP contribution in [0.3, 0.4) is 0 Å². The first-order valence-electron chi connectivity index (χ1n) is 6.54. The van der Waals surface area contributed by atoms with Crippen molar-refractivity contribution in [3.63, 3.8) is 0 Å². The Morgan fingerprint density at radius 3 is 2.72 bits per heavy atom. The number of thioether (sulfide) groups is 1. The summed E-state index contributed by atoms with van der Waals surface area (Å²) in [4.78, 5) is 0. The highest BCUT2D eigenvalue weighted by Gasteiger charge is 2.31. The predicted molar refractivity (Wildman–Crippen MR) is 85.5 cm³/mol. The van der Waals surface area contributed by atoms with Gasteiger partial charge >= 0.3 is 0 Å². The van der Waals surface area contributed by atoms with E-state index < -0.39 is 0 Å². The van der Waals surface area contributed by atoms with Crippen LogP contribution in [0.25, 0.3) is 0 Å². The van der Waals surface area contributed by atoms with Crippen LogP contribution >= 0.6 is 27.7 Å². The highest BCUT2D eigenvalue weighted by atomic mass is 79.9. The Hall–Kier alpha value is 0.01000. The molecule has 2 rings (SSSR count). The molecule has 0 saturated heterocycles. The molecule has 1 aliphatic rings. The number of hydrogen-bond acceptors (Lipinski definition) is 2. The fourth-order valence-corrected chi connectivity index (χ4v) is 2.92. The average Bonchev–Trinajstić information content (AvgIpc) is 2.27. The van der Waals surface area contributed by atoms with E-state index in [4.69, 9.17) is 0 Å². The molecular formula is C15H22BrNS. The summed E-state index contributed by atoms with van der Waals surface area (Å²) in [5.74, 6) is 0.748. The molecule has 0 unspecified atom stereocenters. The zero-order valence-corrected chi connectivity index (χ0v) is 13.8. The highest BCUT2D eigenvalue weighted by Crippen LogP contribution is 2.38. The van der Waals surface area contributed by atoms with E-state index in [1.165, 1.54) is 22.9 Å². The van der Waals surface area contributed by atoms with Crippen molar-refractivity contribution in [1.29, 1.82) is 0 Å². The van der Waals surface area contributed by atoms with E-state index in [1.807, 2.05) is 11.8 Å². The smallest absolute Gasteiger partial charge is 0.0225 e. The Morgan fingerprint density at radius 1 is 1.39 bits per heavy atom. The van der Waals surface area contributed by atoms with E-state index >= 15 is 0 Å². The SMILES string of the molecule is CSC(C)(C)CNC1CC(c2cccc(Br)c2)C1. The number of rotatable bonds is 5. The topological polar surface area (TPSA) is 12.0 Å². The molecular weight excluding hydrogens is 306 g/mol. The molecule has 3 heteroatoms. The summed E-state index contributed by atoms with van der Waals surface area (Å²) in [7, 11) is 0. The summed E-state index contributed by atoms with van der Waals surface area (Å²) < 4.78 is 1.54. The van der Waals surface area contributed by atoms with Crippen molar-refractivity contribution in [2.45, 2.75) is 43.4 Å². The third kappa shape index (κ3) is 3.75. The van der Waals surface area contributed by atoms with E-state index in [9.17, 15) is 0 Å². The van der Waals surface area contributed by atoms with Gasteiger partial charge in [-0.2, -0.15) is 11.8 Å². The lowest BCUT2D eigenvalue weighted by Crippen LogP contribution is -2.45. The lowest BCUT2D eigenvalue weighted by Gasteiger charge is -2.38. The van der Waals surface area contributed by atoms with Crippen molar-refractivity contribution in [3.05, 3.63) is 34.3 Å². The fraction of sp³-hybridized carbons (Fsp3) is 0.600. The van der Waals surface area contributed by atoms with Crippen LogP contribution in [0.4, 0.5) is 0 Å². The predicted octanol–water partition coefficient (Wildman–Crippen LogP) is 4.43. The van der Waals surface area contributed by atoms with Crippen molar-refractivity contribution in [2.75, 3.05) is 12.8 Å². The molecule has 0 spiro atoms. The van der Waals surface area contributed by atoms with Crippen molar-refractivity contribution in [2.24, 2.45) is 0 Å². The van der Waals surface area contributed by atoms with E-state index in [-0.39, 0.29) is 0 Å². The monoisotopic (exact) mass is 327 g/mol. The molecule has 0 radical (unpaired) electrons. The summed E-state index contributed by atoms with van der Waals surface area (Å²) in [6.07, 6.45) is 4.74. The minimum Gasteiger partial charge on any atom is -0.313 e. The molecule has 0 aliphatic heterocycles. The van der Waals surface area contributed by atoms with Gasteiger partial charge in [-0.1, -0.05) is 28.1 Å². The van der Waals surface area contributed by atoms with E-state index in [0.29, 0.717) is 10.8 Å². The second-order valence-electron chi connectivity index (χ2n) is 5.76. The fourth-order valence-electron chi connectivity index (χ4n) is 2.28. The molecule has 0 aromatic heterocycles. The lowest BCUT2D eigenvalue weighted by molar-refractivity contribution is 0.286. The normalized spacial score (nSPS) is 23.8. The zero-order valence-electron chi connectivity index (χ0n) is 11.4. The van der Waals surface area contributed by atoms with Gasteiger partial charge in [0.05, 0.1) is 0 Å². The summed E-state index contributed by atoms with van der Waals surface area (Å²) in [5.41, 5.74) is 1.48. The summed E-state index contributed by atoms with van der Waals surface area (Å²) in [6.45, 7) is 5.70. The zero-order chi connectivity index (χ0) is 13.2. The molecule has 1 aromatic carbocycles. The third-order valence-corrected chi connectivity index (χ3v) is 5.57. The highest BCUT2D eigenvalue weighted by molar-refractivity contribution is 9.10. The molecule has 1 aliphatic carbocycles. The Balaban J connectivity index is 1.77. The molecule has 100 valence electrons. The van der Waals surface area contributed by atoms with E-state index in [1.54, 1.807) is 0 Å². The summed E-state index contributed by atoms with van der Waals surface area (Å²) in [5, 5.41) is 3.69. The average molecular weight is 328 g/mol. The Morgan fingerprint density at radius 2 is 2.11 bits per heavy atom. The molecule has 0 bridgehead atoms. The van der Waals surface area contributed by atoms with Crippen LogP contribution in [0.1, 0.15) is 38.2 Å². The van der Waals surface area contributed by atoms with E-state index in [2.05, 4.69) is 65.6 Å². The van der Waals surface area contributed by atoms with Gasteiger partial charge in [-0.15, -0.1) is 0 Å². The molecule has 1 nitrogen and oxygen atoms in total. The van der Waals surface area contributed by atoms with Crippen LogP contribution < -0.4 is 5.32 Å². The van der Waals surface area contributed by atoms with Gasteiger partial charge in [-0.3, -0.25) is 0 Å². The second kappa shape index (κ2) is 5.98. The van der Waals surface area contributed by atoms with Gasteiger partial charge in [0, 0.05) is 21.8 Å². The maximum atomic E-state index is 3.69. The van der Waals surface area contributed by atoms with Gasteiger partial charge < -0.3 is 5.32 Å². The van der Waals surface area contributed by atoms with Crippen LogP contribution in [0.5, 0.6) is 0 Å². The molecule has 0 amide bonds. The number of nitrogens with one attached hydrogen (secondary N) is 1. The number of hydrogen-bond donors (Lipinski definition) is 1. The summed E-state index contributed by atoms with van der Waals surface area (Å²) >= 11 is 5.48. The Bertz CT molecular complexity index is 399. The van der Waals surface area contributed by atoms with Gasteiger partial charge in [0.25, 0.3) is 0 Å². The molecule has 0 heterocycles. The van der Waals surface area contributed by atoms with Crippen LogP contribution in [-0.4, -0.2) is 23.6 Å². The first-order chi connectivity index (χ1) is 8.50. The largest absolute Gasteiger partial charge is 0.313 e. The standard InChI is InChI=1S/C15H22BrNS/c1-15(2,18-3)10-17-14-8-12(9-14)11-5-4-6-13(16)7-11/h4-7,12,14,17H,8-10H2,1-3H3. The van der Waals surface area contributed by atoms with Crippen LogP contribution in [-0.2, 0) is 0 Å². The van der Waals surface area contributed by atoms with E-state index in [0.717, 1.165) is 12.5 Å². The number of halogens is 1. The Labute approximate surface area is 123 Å². The molecule has 0 atom stereocenters. The maximum Gasteiger partial charge on any atom is 0.0225 e. The van der Waals surface area contributed by atoms with Gasteiger partial charge in [0.1, 0.15) is 0 Å². The maximum absolute atomic E-state index is 3.69. The number of benzene rings is 1. The Kier molecular flexibility index (Phi) is 4.79. The summed E-state index contributed by atoms with van der Waals surface area (Å²) in [6, 6.07) is 9.44. The molecule has 18 heavy (non-hydrogen) atoms. The third-order valence-electron chi connectivity index (χ3n) is 3.83. The van der Waals surface area contributed by atoms with Crippen molar-refractivity contribution < 1.29 is 0 Å². The van der Waals surface area contributed by atoms with Crippen molar-refractivity contribution in [3.8, 4) is 0 Å². The molecule has 1 saturated carbocycles. The van der Waals surface area contributed by atoms with Gasteiger partial charge in [-0.25, -0.2) is 0 Å². The quantitative estimate of drug-likeness (QED) is 0.858.